The molecule has 0 aliphatic carbocycles. The summed E-state index contributed by atoms with van der Waals surface area (Å²) in [4.78, 5) is 5.60. The van der Waals surface area contributed by atoms with Crippen LogP contribution in [0.1, 0.15) is 25.5 Å². The van der Waals surface area contributed by atoms with Gasteiger partial charge in [0, 0.05) is 6.04 Å². The Balaban J connectivity index is 2.21. The highest BCUT2D eigenvalue weighted by atomic mass is 16.7. The predicted octanol–water partition coefficient (Wildman–Crippen LogP) is 2.61. The van der Waals surface area contributed by atoms with E-state index < -0.39 is 0 Å². The second-order valence-electron chi connectivity index (χ2n) is 4.09. The van der Waals surface area contributed by atoms with Gasteiger partial charge in [0.05, 0.1) is 7.11 Å². The monoisotopic (exact) mass is 219 g/mol. The summed E-state index contributed by atoms with van der Waals surface area (Å²) >= 11 is 0. The minimum atomic E-state index is 0.00195. The Hall–Kier alpha value is -1.32. The molecule has 86 valence electrons. The van der Waals surface area contributed by atoms with Crippen molar-refractivity contribution >= 4 is 0 Å². The molecule has 1 aromatic carbocycles. The van der Waals surface area contributed by atoms with Crippen LogP contribution in [-0.4, -0.2) is 13.2 Å². The lowest BCUT2D eigenvalue weighted by Gasteiger charge is -2.26. The molecule has 0 saturated carbocycles. The van der Waals surface area contributed by atoms with Gasteiger partial charge in [0.25, 0.3) is 0 Å². The van der Waals surface area contributed by atoms with E-state index in [4.69, 9.17) is 9.57 Å². The van der Waals surface area contributed by atoms with Crippen LogP contribution in [0, 0.1) is 0 Å². The lowest BCUT2D eigenvalue weighted by Crippen LogP contribution is -2.31. The number of hydrogen-bond donors (Lipinski definition) is 1. The van der Waals surface area contributed by atoms with Crippen LogP contribution in [-0.2, 0) is 4.84 Å². The fraction of sp³-hybridized carbons (Fsp3) is 0.385. The van der Waals surface area contributed by atoms with E-state index in [2.05, 4.69) is 25.4 Å². The molecular weight excluding hydrogens is 202 g/mol. The highest BCUT2D eigenvalue weighted by Gasteiger charge is 2.20. The predicted molar refractivity (Wildman–Crippen MR) is 63.2 cm³/mol. The van der Waals surface area contributed by atoms with E-state index in [1.54, 1.807) is 7.11 Å². The van der Waals surface area contributed by atoms with E-state index in [0.717, 1.165) is 11.3 Å². The smallest absolute Gasteiger partial charge is 0.125 e. The van der Waals surface area contributed by atoms with Crippen LogP contribution in [0.3, 0.4) is 0 Å². The van der Waals surface area contributed by atoms with E-state index in [9.17, 15) is 0 Å². The van der Waals surface area contributed by atoms with Gasteiger partial charge in [0.1, 0.15) is 11.9 Å². The topological polar surface area (TPSA) is 30.5 Å². The number of hydroxylamine groups is 1. The van der Waals surface area contributed by atoms with Gasteiger partial charge in [-0.1, -0.05) is 18.2 Å². The molecule has 1 aliphatic rings. The lowest BCUT2D eigenvalue weighted by atomic mass is 10.00. The molecule has 1 N–H and O–H groups in total. The number of hydrogen-bond acceptors (Lipinski definition) is 3. The molecule has 2 rings (SSSR count). The number of ether oxygens (including phenoxy) is 1. The zero-order chi connectivity index (χ0) is 11.5. The van der Waals surface area contributed by atoms with Gasteiger partial charge < -0.3 is 4.74 Å². The van der Waals surface area contributed by atoms with Gasteiger partial charge in [0.2, 0.25) is 0 Å². The minimum absolute atomic E-state index is 0.00195. The Morgan fingerprint density at radius 1 is 1.25 bits per heavy atom. The zero-order valence-electron chi connectivity index (χ0n) is 9.86. The van der Waals surface area contributed by atoms with Crippen LogP contribution in [0.5, 0.6) is 5.75 Å². The van der Waals surface area contributed by atoms with Gasteiger partial charge in [-0.25, -0.2) is 0 Å². The van der Waals surface area contributed by atoms with Crippen LogP contribution < -0.4 is 10.2 Å². The van der Waals surface area contributed by atoms with Crippen molar-refractivity contribution in [2.24, 2.45) is 0 Å². The maximum absolute atomic E-state index is 5.60. The Morgan fingerprint density at radius 3 is 2.50 bits per heavy atom. The molecule has 0 saturated heterocycles. The average Bonchev–Trinajstić information content (AvgIpc) is 2.29. The molecule has 2 unspecified atom stereocenters. The number of nitrogens with one attached hydrogen (secondary N) is 1. The molecule has 1 aliphatic heterocycles. The Kier molecular flexibility index (Phi) is 3.27. The minimum Gasteiger partial charge on any atom is -0.497 e. The first-order valence-corrected chi connectivity index (χ1v) is 5.44. The summed E-state index contributed by atoms with van der Waals surface area (Å²) in [5.41, 5.74) is 5.35. The van der Waals surface area contributed by atoms with Crippen LogP contribution in [0.25, 0.3) is 0 Å². The first kappa shape index (κ1) is 11.2. The molecule has 0 radical (unpaired) electrons. The van der Waals surface area contributed by atoms with E-state index in [1.165, 1.54) is 5.57 Å². The third-order valence-electron chi connectivity index (χ3n) is 2.72. The largest absolute Gasteiger partial charge is 0.497 e. The van der Waals surface area contributed by atoms with Gasteiger partial charge in [-0.3, -0.25) is 4.84 Å². The number of methoxy groups -OCH3 is 1. The van der Waals surface area contributed by atoms with E-state index in [1.807, 2.05) is 24.3 Å². The second kappa shape index (κ2) is 4.68. The van der Waals surface area contributed by atoms with Crippen molar-refractivity contribution in [1.82, 2.24) is 5.48 Å². The number of benzene rings is 1. The van der Waals surface area contributed by atoms with Gasteiger partial charge in [0.15, 0.2) is 0 Å². The standard InChI is InChI=1S/C13H17NO2/c1-9-8-10(2)14-16-13(9)11-4-6-12(15-3)7-5-11/h4-8,10,13-14H,1-3H3. The van der Waals surface area contributed by atoms with Gasteiger partial charge in [-0.15, -0.1) is 0 Å². The zero-order valence-corrected chi connectivity index (χ0v) is 9.86. The summed E-state index contributed by atoms with van der Waals surface area (Å²) in [6.07, 6.45) is 2.18. The van der Waals surface area contributed by atoms with Crippen molar-refractivity contribution in [1.29, 1.82) is 0 Å². The first-order chi connectivity index (χ1) is 7.70. The van der Waals surface area contributed by atoms with Gasteiger partial charge >= 0.3 is 0 Å². The molecule has 1 aromatic rings. The molecule has 2 atom stereocenters. The SMILES string of the molecule is COc1ccc(C2ONC(C)C=C2C)cc1. The van der Waals surface area contributed by atoms with Crippen LogP contribution in [0.15, 0.2) is 35.9 Å². The van der Waals surface area contributed by atoms with Crippen molar-refractivity contribution in [2.45, 2.75) is 26.0 Å². The Labute approximate surface area is 96.0 Å². The van der Waals surface area contributed by atoms with Gasteiger partial charge in [-0.05, 0) is 37.1 Å². The van der Waals surface area contributed by atoms with Crippen molar-refractivity contribution < 1.29 is 9.57 Å². The highest BCUT2D eigenvalue weighted by Crippen LogP contribution is 2.28. The molecule has 1 heterocycles. The summed E-state index contributed by atoms with van der Waals surface area (Å²) < 4.78 is 5.13. The summed E-state index contributed by atoms with van der Waals surface area (Å²) in [5.74, 6) is 0.863. The van der Waals surface area contributed by atoms with E-state index in [-0.39, 0.29) is 12.1 Å². The molecule has 0 bridgehead atoms. The van der Waals surface area contributed by atoms with Crippen LogP contribution >= 0.6 is 0 Å². The third kappa shape index (κ3) is 2.26. The molecule has 3 heteroatoms. The van der Waals surface area contributed by atoms with Crippen LogP contribution in [0.2, 0.25) is 0 Å². The van der Waals surface area contributed by atoms with Crippen molar-refractivity contribution in [3.05, 3.63) is 41.5 Å². The Bertz CT molecular complexity index is 383. The van der Waals surface area contributed by atoms with Gasteiger partial charge in [-0.2, -0.15) is 5.48 Å². The molecule has 0 spiro atoms. The maximum atomic E-state index is 5.60. The summed E-state index contributed by atoms with van der Waals surface area (Å²) in [6.45, 7) is 4.15. The third-order valence-corrected chi connectivity index (χ3v) is 2.72. The summed E-state index contributed by atoms with van der Waals surface area (Å²) in [5, 5.41) is 0. The fourth-order valence-electron chi connectivity index (χ4n) is 1.89. The first-order valence-electron chi connectivity index (χ1n) is 5.44. The average molecular weight is 219 g/mol. The van der Waals surface area contributed by atoms with E-state index in [0.29, 0.717) is 0 Å². The molecule has 0 aromatic heterocycles. The second-order valence-corrected chi connectivity index (χ2v) is 4.09. The summed E-state index contributed by atoms with van der Waals surface area (Å²) in [6, 6.07) is 8.22. The quantitative estimate of drug-likeness (QED) is 0.775. The maximum Gasteiger partial charge on any atom is 0.125 e. The molecule has 0 amide bonds. The van der Waals surface area contributed by atoms with Crippen molar-refractivity contribution in [3.63, 3.8) is 0 Å². The van der Waals surface area contributed by atoms with E-state index >= 15 is 0 Å². The van der Waals surface area contributed by atoms with Crippen molar-refractivity contribution in [2.75, 3.05) is 7.11 Å². The summed E-state index contributed by atoms with van der Waals surface area (Å²) in [7, 11) is 1.67. The molecule has 16 heavy (non-hydrogen) atoms. The van der Waals surface area contributed by atoms with Crippen molar-refractivity contribution in [3.8, 4) is 5.75 Å². The molecular formula is C13H17NO2. The molecule has 0 fully saturated rings. The highest BCUT2D eigenvalue weighted by molar-refractivity contribution is 5.32. The van der Waals surface area contributed by atoms with Crippen LogP contribution in [0.4, 0.5) is 0 Å². The number of rotatable bonds is 2. The molecule has 3 nitrogen and oxygen atoms in total. The fourth-order valence-corrected chi connectivity index (χ4v) is 1.89. The normalized spacial score (nSPS) is 25.1. The Morgan fingerprint density at radius 2 is 1.94 bits per heavy atom. The lowest BCUT2D eigenvalue weighted by molar-refractivity contribution is -0.0275.